The van der Waals surface area contributed by atoms with Gasteiger partial charge in [0, 0.05) is 33.3 Å². The highest BCUT2D eigenvalue weighted by atomic mass is 32.1. The van der Waals surface area contributed by atoms with E-state index in [0.29, 0.717) is 17.2 Å². The second kappa shape index (κ2) is 6.41. The molecule has 20 heavy (non-hydrogen) atoms. The van der Waals surface area contributed by atoms with Crippen LogP contribution in [0.5, 0.6) is 0 Å². The van der Waals surface area contributed by atoms with Crippen molar-refractivity contribution in [3.63, 3.8) is 0 Å². The van der Waals surface area contributed by atoms with E-state index in [2.05, 4.69) is 4.98 Å². The number of carbonyl (C=O) groups is 1. The van der Waals surface area contributed by atoms with E-state index < -0.39 is 0 Å². The van der Waals surface area contributed by atoms with E-state index in [1.807, 2.05) is 18.9 Å². The number of likely N-dealkylation sites (tertiary alicyclic amines) is 1. The standard InChI is InChI=1S/C13H22N4O2S/c1-3-16(2)13-15-11(14)10(20-13)12(19)17-6-4-5-9(7-17)8-18/h9,18H,3-8,14H2,1-2H3. The molecule has 112 valence electrons. The summed E-state index contributed by atoms with van der Waals surface area (Å²) in [6.07, 6.45) is 1.90. The molecule has 0 radical (unpaired) electrons. The van der Waals surface area contributed by atoms with Gasteiger partial charge in [-0.3, -0.25) is 4.79 Å². The van der Waals surface area contributed by atoms with E-state index >= 15 is 0 Å². The first kappa shape index (κ1) is 15.1. The molecular weight excluding hydrogens is 276 g/mol. The molecule has 1 saturated heterocycles. The zero-order chi connectivity index (χ0) is 14.7. The normalized spacial score (nSPS) is 19.1. The second-order valence-corrected chi connectivity index (χ2v) is 6.14. The molecule has 0 aromatic carbocycles. The first-order valence-electron chi connectivity index (χ1n) is 6.94. The number of amides is 1. The summed E-state index contributed by atoms with van der Waals surface area (Å²) in [4.78, 5) is 21.0. The van der Waals surface area contributed by atoms with Gasteiger partial charge in [0.2, 0.25) is 0 Å². The molecule has 1 atom stereocenters. The Morgan fingerprint density at radius 3 is 3.05 bits per heavy atom. The number of nitrogens with two attached hydrogens (primary N) is 1. The van der Waals surface area contributed by atoms with E-state index in [-0.39, 0.29) is 18.4 Å². The van der Waals surface area contributed by atoms with Gasteiger partial charge in [-0.1, -0.05) is 11.3 Å². The number of thiazole rings is 1. The first-order valence-corrected chi connectivity index (χ1v) is 7.76. The lowest BCUT2D eigenvalue weighted by Crippen LogP contribution is -2.40. The zero-order valence-electron chi connectivity index (χ0n) is 12.0. The van der Waals surface area contributed by atoms with E-state index in [4.69, 9.17) is 5.73 Å². The second-order valence-electron chi connectivity index (χ2n) is 5.17. The van der Waals surface area contributed by atoms with Gasteiger partial charge in [0.05, 0.1) is 0 Å². The van der Waals surface area contributed by atoms with Crippen LogP contribution in [0.15, 0.2) is 0 Å². The molecule has 1 aliphatic heterocycles. The molecule has 0 aliphatic carbocycles. The minimum atomic E-state index is -0.0612. The van der Waals surface area contributed by atoms with Crippen molar-refractivity contribution in [2.75, 3.05) is 43.9 Å². The SMILES string of the molecule is CCN(C)c1nc(N)c(C(=O)N2CCCC(CO)C2)s1. The van der Waals surface area contributed by atoms with Crippen LogP contribution in [0.1, 0.15) is 29.4 Å². The first-order chi connectivity index (χ1) is 9.56. The maximum atomic E-state index is 12.5. The van der Waals surface area contributed by atoms with Crippen LogP contribution in [0.2, 0.25) is 0 Å². The lowest BCUT2D eigenvalue weighted by atomic mass is 9.99. The molecule has 1 unspecified atom stereocenters. The highest BCUT2D eigenvalue weighted by molar-refractivity contribution is 7.18. The Morgan fingerprint density at radius 1 is 1.65 bits per heavy atom. The topological polar surface area (TPSA) is 82.7 Å². The predicted octanol–water partition coefficient (Wildman–Crippen LogP) is 1.03. The molecule has 2 rings (SSSR count). The molecular formula is C13H22N4O2S. The summed E-state index contributed by atoms with van der Waals surface area (Å²) >= 11 is 1.34. The maximum Gasteiger partial charge on any atom is 0.267 e. The highest BCUT2D eigenvalue weighted by Crippen LogP contribution is 2.29. The van der Waals surface area contributed by atoms with Crippen molar-refractivity contribution in [3.05, 3.63) is 4.88 Å². The molecule has 1 amide bonds. The Balaban J connectivity index is 2.14. The van der Waals surface area contributed by atoms with E-state index in [0.717, 1.165) is 31.1 Å². The van der Waals surface area contributed by atoms with Gasteiger partial charge in [-0.2, -0.15) is 0 Å². The number of aliphatic hydroxyl groups excluding tert-OH is 1. The number of anilines is 2. The third-order valence-electron chi connectivity index (χ3n) is 3.70. The van der Waals surface area contributed by atoms with Crippen molar-refractivity contribution in [2.24, 2.45) is 5.92 Å². The van der Waals surface area contributed by atoms with Crippen molar-refractivity contribution in [1.82, 2.24) is 9.88 Å². The van der Waals surface area contributed by atoms with Crippen LogP contribution in [-0.4, -0.2) is 54.2 Å². The number of carbonyl (C=O) groups excluding carboxylic acids is 1. The maximum absolute atomic E-state index is 12.5. The van der Waals surface area contributed by atoms with Crippen molar-refractivity contribution < 1.29 is 9.90 Å². The Bertz CT molecular complexity index is 477. The van der Waals surface area contributed by atoms with Crippen molar-refractivity contribution in [1.29, 1.82) is 0 Å². The molecule has 7 heteroatoms. The smallest absolute Gasteiger partial charge is 0.267 e. The highest BCUT2D eigenvalue weighted by Gasteiger charge is 2.27. The van der Waals surface area contributed by atoms with Crippen molar-refractivity contribution in [3.8, 4) is 0 Å². The third-order valence-corrected chi connectivity index (χ3v) is 4.88. The largest absolute Gasteiger partial charge is 0.396 e. The minimum Gasteiger partial charge on any atom is -0.396 e. The number of hydrogen-bond donors (Lipinski definition) is 2. The van der Waals surface area contributed by atoms with E-state index in [1.54, 1.807) is 4.90 Å². The van der Waals surface area contributed by atoms with Crippen LogP contribution in [0.4, 0.5) is 10.9 Å². The zero-order valence-corrected chi connectivity index (χ0v) is 12.8. The quantitative estimate of drug-likeness (QED) is 0.867. The fourth-order valence-corrected chi connectivity index (χ4v) is 3.29. The molecule has 0 bridgehead atoms. The Kier molecular flexibility index (Phi) is 4.82. The molecule has 3 N–H and O–H groups in total. The van der Waals surface area contributed by atoms with Gasteiger partial charge >= 0.3 is 0 Å². The molecule has 1 fully saturated rings. The van der Waals surface area contributed by atoms with Gasteiger partial charge < -0.3 is 20.6 Å². The number of nitrogen functional groups attached to an aromatic ring is 1. The van der Waals surface area contributed by atoms with E-state index in [1.165, 1.54) is 11.3 Å². The Hall–Kier alpha value is -1.34. The summed E-state index contributed by atoms with van der Waals surface area (Å²) in [5.74, 6) is 0.426. The number of aliphatic hydroxyl groups is 1. The summed E-state index contributed by atoms with van der Waals surface area (Å²) in [6.45, 7) is 4.30. The number of aromatic nitrogens is 1. The van der Waals surface area contributed by atoms with Gasteiger partial charge in [0.15, 0.2) is 5.13 Å². The average Bonchev–Trinajstić information content (AvgIpc) is 2.87. The van der Waals surface area contributed by atoms with Gasteiger partial charge in [-0.25, -0.2) is 4.98 Å². The van der Waals surface area contributed by atoms with Gasteiger partial charge in [-0.05, 0) is 25.7 Å². The number of rotatable bonds is 4. The average molecular weight is 298 g/mol. The molecule has 6 nitrogen and oxygen atoms in total. The van der Waals surface area contributed by atoms with Crippen molar-refractivity contribution in [2.45, 2.75) is 19.8 Å². The molecule has 1 aromatic heterocycles. The van der Waals surface area contributed by atoms with Crippen LogP contribution >= 0.6 is 11.3 Å². The molecule has 1 aliphatic rings. The van der Waals surface area contributed by atoms with Gasteiger partial charge in [0.25, 0.3) is 5.91 Å². The predicted molar refractivity (Wildman–Crippen MR) is 81.2 cm³/mol. The minimum absolute atomic E-state index is 0.0612. The van der Waals surface area contributed by atoms with Crippen LogP contribution in [0.3, 0.4) is 0 Å². The molecule has 0 spiro atoms. The van der Waals surface area contributed by atoms with Gasteiger partial charge in [0.1, 0.15) is 10.7 Å². The monoisotopic (exact) mass is 298 g/mol. The van der Waals surface area contributed by atoms with Crippen LogP contribution < -0.4 is 10.6 Å². The Labute approximate surface area is 123 Å². The molecule has 1 aromatic rings. The van der Waals surface area contributed by atoms with E-state index in [9.17, 15) is 9.90 Å². The summed E-state index contributed by atoms with van der Waals surface area (Å²) in [5.41, 5.74) is 5.88. The fourth-order valence-electron chi connectivity index (χ4n) is 2.31. The number of nitrogens with zero attached hydrogens (tertiary/aromatic N) is 3. The van der Waals surface area contributed by atoms with Crippen LogP contribution in [-0.2, 0) is 0 Å². The van der Waals surface area contributed by atoms with Gasteiger partial charge in [-0.15, -0.1) is 0 Å². The van der Waals surface area contributed by atoms with Crippen LogP contribution in [0.25, 0.3) is 0 Å². The summed E-state index contributed by atoms with van der Waals surface area (Å²) < 4.78 is 0. The Morgan fingerprint density at radius 2 is 2.40 bits per heavy atom. The summed E-state index contributed by atoms with van der Waals surface area (Å²) in [5, 5.41) is 10.0. The lowest BCUT2D eigenvalue weighted by Gasteiger charge is -2.31. The lowest BCUT2D eigenvalue weighted by molar-refractivity contribution is 0.0626. The molecule has 0 saturated carbocycles. The fraction of sp³-hybridized carbons (Fsp3) is 0.692. The summed E-state index contributed by atoms with van der Waals surface area (Å²) in [7, 11) is 1.93. The van der Waals surface area contributed by atoms with Crippen LogP contribution in [0, 0.1) is 5.92 Å². The molecule has 2 heterocycles. The third kappa shape index (κ3) is 3.04. The van der Waals surface area contributed by atoms with Crippen molar-refractivity contribution >= 4 is 28.2 Å². The number of hydrogen-bond acceptors (Lipinski definition) is 6. The number of piperidine rings is 1. The summed E-state index contributed by atoms with van der Waals surface area (Å²) in [6, 6.07) is 0.